The van der Waals surface area contributed by atoms with Gasteiger partial charge < -0.3 is 10.0 Å². The number of likely N-dealkylation sites (tertiary alicyclic amines) is 1. The van der Waals surface area contributed by atoms with E-state index in [2.05, 4.69) is 5.10 Å². The zero-order valence-corrected chi connectivity index (χ0v) is 16.2. The summed E-state index contributed by atoms with van der Waals surface area (Å²) in [6.45, 7) is 3.51. The van der Waals surface area contributed by atoms with Crippen molar-refractivity contribution in [2.24, 2.45) is 0 Å². The topological polar surface area (TPSA) is 88.3 Å². The van der Waals surface area contributed by atoms with Gasteiger partial charge in [-0.2, -0.15) is 5.10 Å². The molecule has 1 aliphatic rings. The molecule has 1 aliphatic heterocycles. The Balaban J connectivity index is 1.83. The largest absolute Gasteiger partial charge is 0.479 e. The van der Waals surface area contributed by atoms with E-state index in [4.69, 9.17) is 10.1 Å². The summed E-state index contributed by atoms with van der Waals surface area (Å²) in [6, 6.07) is 11.2. The average Bonchev–Trinajstić information content (AvgIpc) is 3.32. The van der Waals surface area contributed by atoms with Crippen molar-refractivity contribution in [1.29, 1.82) is 0 Å². The molecule has 0 bridgehead atoms. The first-order chi connectivity index (χ1) is 13.8. The molecule has 3 aromatic rings. The van der Waals surface area contributed by atoms with E-state index in [1.165, 1.54) is 4.90 Å². The summed E-state index contributed by atoms with van der Waals surface area (Å²) in [7, 11) is 0. The second-order valence-corrected chi connectivity index (χ2v) is 7.59. The van der Waals surface area contributed by atoms with Crippen molar-refractivity contribution in [2.45, 2.75) is 32.0 Å². The monoisotopic (exact) mass is 396 g/mol. The lowest BCUT2D eigenvalue weighted by atomic mass is 10.1. The van der Waals surface area contributed by atoms with Crippen LogP contribution in [0.4, 0.5) is 4.39 Å². The molecule has 1 fully saturated rings. The van der Waals surface area contributed by atoms with Crippen LogP contribution >= 0.6 is 0 Å². The van der Waals surface area contributed by atoms with Gasteiger partial charge in [-0.1, -0.05) is 30.3 Å². The first-order valence-electron chi connectivity index (χ1n) is 9.45. The number of halogens is 1. The minimum Gasteiger partial charge on any atom is -0.479 e. The molecule has 1 aromatic carbocycles. The van der Waals surface area contributed by atoms with Gasteiger partial charge in [0.05, 0.1) is 29.4 Å². The highest BCUT2D eigenvalue weighted by atomic mass is 19.1. The molecule has 7 nitrogen and oxygen atoms in total. The van der Waals surface area contributed by atoms with Crippen molar-refractivity contribution in [3.05, 3.63) is 48.2 Å². The van der Waals surface area contributed by atoms with Crippen LogP contribution in [0.1, 0.15) is 36.7 Å². The van der Waals surface area contributed by atoms with Crippen molar-refractivity contribution in [3.8, 4) is 11.3 Å². The van der Waals surface area contributed by atoms with Gasteiger partial charge in [0.15, 0.2) is 5.65 Å². The second kappa shape index (κ2) is 6.95. The number of nitrogens with zero attached hydrogens (tertiary/aromatic N) is 4. The molecule has 0 radical (unpaired) electrons. The minimum atomic E-state index is -2.41. The third kappa shape index (κ3) is 3.24. The molecular formula is C21H21FN4O3. The number of benzene rings is 1. The van der Waals surface area contributed by atoms with Crippen LogP contribution in [0.5, 0.6) is 0 Å². The molecule has 0 saturated carbocycles. The molecule has 0 spiro atoms. The van der Waals surface area contributed by atoms with Gasteiger partial charge in [0, 0.05) is 24.6 Å². The van der Waals surface area contributed by atoms with Gasteiger partial charge in [-0.05, 0) is 19.9 Å². The highest BCUT2D eigenvalue weighted by molar-refractivity contribution is 6.07. The van der Waals surface area contributed by atoms with E-state index in [1.807, 2.05) is 44.2 Å². The Kier molecular flexibility index (Phi) is 4.56. The van der Waals surface area contributed by atoms with E-state index < -0.39 is 24.1 Å². The van der Waals surface area contributed by atoms with Crippen molar-refractivity contribution >= 4 is 22.9 Å². The Bertz CT molecular complexity index is 1100. The highest BCUT2D eigenvalue weighted by Crippen LogP contribution is 2.31. The number of alkyl halides is 1. The van der Waals surface area contributed by atoms with Gasteiger partial charge in [0.25, 0.3) is 5.91 Å². The number of carbonyl (C=O) groups excluding carboxylic acids is 1. The lowest BCUT2D eigenvalue weighted by molar-refractivity contribution is -0.149. The van der Waals surface area contributed by atoms with E-state index in [-0.39, 0.29) is 19.0 Å². The lowest BCUT2D eigenvalue weighted by Crippen LogP contribution is -2.39. The first-order valence-corrected chi connectivity index (χ1v) is 9.45. The van der Waals surface area contributed by atoms with Crippen LogP contribution in [0.25, 0.3) is 22.3 Å². The Morgan fingerprint density at radius 1 is 1.24 bits per heavy atom. The van der Waals surface area contributed by atoms with E-state index in [0.717, 1.165) is 5.56 Å². The molecular weight excluding hydrogens is 375 g/mol. The molecule has 1 unspecified atom stereocenters. The van der Waals surface area contributed by atoms with Gasteiger partial charge in [-0.3, -0.25) is 4.79 Å². The first kappa shape index (κ1) is 19.0. The highest BCUT2D eigenvalue weighted by Gasteiger charge is 2.47. The number of aliphatic carboxylic acids is 1. The van der Waals surface area contributed by atoms with Crippen molar-refractivity contribution in [3.63, 3.8) is 0 Å². The number of carbonyl (C=O) groups is 2. The maximum absolute atomic E-state index is 14.5. The van der Waals surface area contributed by atoms with E-state index in [0.29, 0.717) is 22.3 Å². The normalized spacial score (nSPS) is 19.2. The third-order valence-electron chi connectivity index (χ3n) is 5.25. The van der Waals surface area contributed by atoms with Crippen LogP contribution in [0.15, 0.2) is 42.6 Å². The van der Waals surface area contributed by atoms with E-state index >= 15 is 0 Å². The summed E-state index contributed by atoms with van der Waals surface area (Å²) in [5.74, 6) is -1.95. The van der Waals surface area contributed by atoms with Gasteiger partial charge in [-0.15, -0.1) is 0 Å². The molecule has 0 aliphatic carbocycles. The van der Waals surface area contributed by atoms with Gasteiger partial charge in [0.1, 0.15) is 0 Å². The predicted molar refractivity (Wildman–Crippen MR) is 105 cm³/mol. The van der Waals surface area contributed by atoms with Gasteiger partial charge in [0.2, 0.25) is 5.67 Å². The molecule has 1 amide bonds. The fourth-order valence-corrected chi connectivity index (χ4v) is 3.62. The number of rotatable bonds is 4. The quantitative estimate of drug-likeness (QED) is 0.731. The van der Waals surface area contributed by atoms with Crippen molar-refractivity contribution in [2.75, 3.05) is 13.1 Å². The van der Waals surface area contributed by atoms with E-state index in [1.54, 1.807) is 16.9 Å². The maximum atomic E-state index is 14.5. The number of carboxylic acids is 1. The summed E-state index contributed by atoms with van der Waals surface area (Å²) >= 11 is 0. The van der Waals surface area contributed by atoms with Gasteiger partial charge in [-0.25, -0.2) is 18.9 Å². The number of hydrogen-bond acceptors (Lipinski definition) is 4. The number of pyridine rings is 1. The van der Waals surface area contributed by atoms with Crippen LogP contribution < -0.4 is 0 Å². The molecule has 4 rings (SSSR count). The summed E-state index contributed by atoms with van der Waals surface area (Å²) in [5, 5.41) is 14.1. The van der Waals surface area contributed by atoms with Gasteiger partial charge >= 0.3 is 5.97 Å². The molecule has 150 valence electrons. The molecule has 1 saturated heterocycles. The smallest absolute Gasteiger partial charge is 0.343 e. The Morgan fingerprint density at radius 3 is 2.59 bits per heavy atom. The van der Waals surface area contributed by atoms with Crippen LogP contribution in [0, 0.1) is 0 Å². The SMILES string of the molecule is CC(C)n1ncc2c(C(=O)N3CCC(F)(C(=O)O)C3)cc(-c3ccccc3)nc21. The molecule has 3 heterocycles. The average molecular weight is 396 g/mol. The van der Waals surface area contributed by atoms with Crippen molar-refractivity contribution < 1.29 is 19.1 Å². The summed E-state index contributed by atoms with van der Waals surface area (Å²) in [5.41, 5.74) is -0.0600. The fraction of sp³-hybridized carbons (Fsp3) is 0.333. The third-order valence-corrected chi connectivity index (χ3v) is 5.25. The number of fused-ring (bicyclic) bond motifs is 1. The molecule has 2 aromatic heterocycles. The predicted octanol–water partition coefficient (Wildman–Crippen LogP) is 3.32. The van der Waals surface area contributed by atoms with Crippen LogP contribution in [0.2, 0.25) is 0 Å². The number of hydrogen-bond donors (Lipinski definition) is 1. The standard InChI is InChI=1S/C21H21FN4O3/c1-13(2)26-18-16(11-23-26)15(10-17(24-18)14-6-4-3-5-7-14)19(27)25-9-8-21(22,12-25)20(28)29/h3-7,10-11,13H,8-9,12H2,1-2H3,(H,28,29). The number of aromatic nitrogens is 3. The fourth-order valence-electron chi connectivity index (χ4n) is 3.62. The minimum absolute atomic E-state index is 0.0336. The Labute approximate surface area is 166 Å². The molecule has 29 heavy (non-hydrogen) atoms. The van der Waals surface area contributed by atoms with E-state index in [9.17, 15) is 14.0 Å². The lowest BCUT2D eigenvalue weighted by Gasteiger charge is -2.19. The van der Waals surface area contributed by atoms with Crippen LogP contribution in [-0.4, -0.2) is 55.4 Å². The zero-order valence-electron chi connectivity index (χ0n) is 16.2. The van der Waals surface area contributed by atoms with Crippen LogP contribution in [0.3, 0.4) is 0 Å². The van der Waals surface area contributed by atoms with Crippen LogP contribution in [-0.2, 0) is 4.79 Å². The molecule has 1 N–H and O–H groups in total. The number of amides is 1. The summed E-state index contributed by atoms with van der Waals surface area (Å²) in [6.07, 6.45) is 1.36. The Hall–Kier alpha value is -3.29. The van der Waals surface area contributed by atoms with Crippen molar-refractivity contribution in [1.82, 2.24) is 19.7 Å². The summed E-state index contributed by atoms with van der Waals surface area (Å²) < 4.78 is 16.2. The zero-order chi connectivity index (χ0) is 20.8. The molecule has 1 atom stereocenters. The molecule has 8 heteroatoms. The number of carboxylic acid groups (broad SMARTS) is 1. The second-order valence-electron chi connectivity index (χ2n) is 7.59. The Morgan fingerprint density at radius 2 is 1.97 bits per heavy atom. The maximum Gasteiger partial charge on any atom is 0.343 e. The summed E-state index contributed by atoms with van der Waals surface area (Å²) in [4.78, 5) is 30.4.